The summed E-state index contributed by atoms with van der Waals surface area (Å²) in [7, 11) is 0. The molecule has 0 amide bonds. The Labute approximate surface area is 75.5 Å². The molecule has 0 heterocycles. The zero-order valence-electron chi connectivity index (χ0n) is 8.63. The van der Waals surface area contributed by atoms with Crippen LogP contribution in [0.3, 0.4) is 0 Å². The van der Waals surface area contributed by atoms with Crippen LogP contribution in [0.25, 0.3) is 0 Å². The Kier molecular flexibility index (Phi) is 5.14. The van der Waals surface area contributed by atoms with Crippen LogP contribution < -0.4 is 5.73 Å². The Balaban J connectivity index is 3.61. The molecule has 2 N–H and O–H groups in total. The van der Waals surface area contributed by atoms with Crippen molar-refractivity contribution in [3.63, 3.8) is 0 Å². The molecule has 0 aromatic carbocycles. The predicted octanol–water partition coefficient (Wildman–Crippen LogP) is 1.97. The topological polar surface area (TPSA) is 43.1 Å². The third kappa shape index (κ3) is 4.50. The second-order valence-corrected chi connectivity index (χ2v) is 4.02. The van der Waals surface area contributed by atoms with Crippen LogP contribution in [0.4, 0.5) is 0 Å². The molecule has 0 aromatic heterocycles. The fraction of sp³-hybridized carbons (Fsp3) is 0.900. The first-order valence-electron chi connectivity index (χ1n) is 4.71. The lowest BCUT2D eigenvalue weighted by Crippen LogP contribution is -2.28. The van der Waals surface area contributed by atoms with E-state index >= 15 is 0 Å². The molecule has 2 nitrogen and oxygen atoms in total. The smallest absolute Gasteiger partial charge is 0.146 e. The third-order valence-corrected chi connectivity index (χ3v) is 2.59. The van der Waals surface area contributed by atoms with Crippen molar-refractivity contribution in [2.24, 2.45) is 17.6 Å². The fourth-order valence-corrected chi connectivity index (χ4v) is 0.979. The van der Waals surface area contributed by atoms with Gasteiger partial charge in [0.15, 0.2) is 0 Å². The maximum Gasteiger partial charge on any atom is 0.146 e. The van der Waals surface area contributed by atoms with Crippen molar-refractivity contribution in [1.29, 1.82) is 0 Å². The van der Waals surface area contributed by atoms with Crippen molar-refractivity contribution in [3.8, 4) is 0 Å². The zero-order chi connectivity index (χ0) is 9.72. The van der Waals surface area contributed by atoms with E-state index in [0.717, 1.165) is 12.8 Å². The summed E-state index contributed by atoms with van der Waals surface area (Å²) >= 11 is 0. The summed E-state index contributed by atoms with van der Waals surface area (Å²) in [5, 5.41) is 0. The highest BCUT2D eigenvalue weighted by molar-refractivity contribution is 5.80. The lowest BCUT2D eigenvalue weighted by Gasteiger charge is -2.16. The summed E-state index contributed by atoms with van der Waals surface area (Å²) in [5.41, 5.74) is 5.62. The number of carbonyl (C=O) groups is 1. The van der Waals surface area contributed by atoms with Gasteiger partial charge in [-0.25, -0.2) is 0 Å². The third-order valence-electron chi connectivity index (χ3n) is 2.59. The highest BCUT2D eigenvalue weighted by atomic mass is 16.1. The molecule has 0 bridgehead atoms. The first kappa shape index (κ1) is 11.6. The summed E-state index contributed by atoms with van der Waals surface area (Å²) in [6.07, 6.45) is 1.88. The molecule has 2 heteroatoms. The van der Waals surface area contributed by atoms with Gasteiger partial charge in [0.1, 0.15) is 5.78 Å². The summed E-state index contributed by atoms with van der Waals surface area (Å²) < 4.78 is 0. The number of nitrogens with two attached hydrogens (primary N) is 1. The van der Waals surface area contributed by atoms with E-state index in [9.17, 15) is 4.79 Å². The predicted molar refractivity (Wildman–Crippen MR) is 51.9 cm³/mol. The van der Waals surface area contributed by atoms with Crippen LogP contribution in [0.5, 0.6) is 0 Å². The van der Waals surface area contributed by atoms with Crippen molar-refractivity contribution in [3.05, 3.63) is 0 Å². The first-order chi connectivity index (χ1) is 5.45. The summed E-state index contributed by atoms with van der Waals surface area (Å²) in [6.45, 7) is 8.16. The van der Waals surface area contributed by atoms with Gasteiger partial charge in [-0.15, -0.1) is 0 Å². The van der Waals surface area contributed by atoms with E-state index in [1.165, 1.54) is 0 Å². The summed E-state index contributed by atoms with van der Waals surface area (Å²) in [4.78, 5) is 10.8. The van der Waals surface area contributed by atoms with Gasteiger partial charge in [0.05, 0.1) is 6.04 Å². The molecular formula is C10H21NO. The highest BCUT2D eigenvalue weighted by Crippen LogP contribution is 2.16. The number of hydrogen-bond acceptors (Lipinski definition) is 2. The van der Waals surface area contributed by atoms with Crippen molar-refractivity contribution < 1.29 is 4.79 Å². The van der Waals surface area contributed by atoms with E-state index in [1.54, 1.807) is 6.92 Å². The van der Waals surface area contributed by atoms with Gasteiger partial charge in [0, 0.05) is 0 Å². The van der Waals surface area contributed by atoms with Crippen LogP contribution in [0.2, 0.25) is 0 Å². The molecule has 2 atom stereocenters. The second-order valence-electron chi connectivity index (χ2n) is 4.02. The van der Waals surface area contributed by atoms with Crippen LogP contribution in [0.1, 0.15) is 40.5 Å². The first-order valence-corrected chi connectivity index (χ1v) is 4.71. The van der Waals surface area contributed by atoms with Gasteiger partial charge < -0.3 is 5.73 Å². The minimum Gasteiger partial charge on any atom is -0.322 e. The number of Topliss-reactive ketones (excluding diaryl/α,β-unsaturated/α-hetero) is 1. The Morgan fingerprint density at radius 1 is 1.25 bits per heavy atom. The molecule has 0 aromatic rings. The van der Waals surface area contributed by atoms with Gasteiger partial charge in [-0.2, -0.15) is 0 Å². The number of carbonyl (C=O) groups excluding carboxylic acids is 1. The summed E-state index contributed by atoms with van der Waals surface area (Å²) in [5.74, 6) is 1.45. The molecule has 0 rings (SSSR count). The van der Waals surface area contributed by atoms with Gasteiger partial charge in [-0.1, -0.05) is 20.8 Å². The van der Waals surface area contributed by atoms with Crippen molar-refractivity contribution in [1.82, 2.24) is 0 Å². The highest BCUT2D eigenvalue weighted by Gasteiger charge is 2.12. The Hall–Kier alpha value is -0.370. The van der Waals surface area contributed by atoms with Crippen LogP contribution in [-0.4, -0.2) is 11.8 Å². The van der Waals surface area contributed by atoms with Gasteiger partial charge >= 0.3 is 0 Å². The second kappa shape index (κ2) is 5.31. The molecule has 0 spiro atoms. The lowest BCUT2D eigenvalue weighted by molar-refractivity contribution is -0.118. The maximum atomic E-state index is 10.8. The molecule has 0 aliphatic carbocycles. The lowest BCUT2D eigenvalue weighted by atomic mass is 9.91. The van der Waals surface area contributed by atoms with E-state index in [4.69, 9.17) is 5.73 Å². The molecule has 0 aliphatic rings. The SMILES string of the molecule is CC(=O)[C@@H](N)CC[C@H](C)C(C)C. The average molecular weight is 171 g/mol. The van der Waals surface area contributed by atoms with Crippen LogP contribution in [-0.2, 0) is 4.79 Å². The molecular weight excluding hydrogens is 150 g/mol. The molecule has 0 unspecified atom stereocenters. The van der Waals surface area contributed by atoms with E-state index < -0.39 is 0 Å². The average Bonchev–Trinajstić information content (AvgIpc) is 1.98. The Morgan fingerprint density at radius 3 is 2.08 bits per heavy atom. The molecule has 0 fully saturated rings. The van der Waals surface area contributed by atoms with E-state index in [2.05, 4.69) is 20.8 Å². The Morgan fingerprint density at radius 2 is 1.75 bits per heavy atom. The van der Waals surface area contributed by atoms with Gasteiger partial charge in [-0.05, 0) is 31.6 Å². The van der Waals surface area contributed by atoms with Gasteiger partial charge in [0.2, 0.25) is 0 Å². The monoisotopic (exact) mass is 171 g/mol. The maximum absolute atomic E-state index is 10.8. The van der Waals surface area contributed by atoms with E-state index in [1.807, 2.05) is 0 Å². The number of hydrogen-bond donors (Lipinski definition) is 1. The zero-order valence-corrected chi connectivity index (χ0v) is 8.63. The minimum absolute atomic E-state index is 0.103. The minimum atomic E-state index is -0.244. The molecule has 0 radical (unpaired) electrons. The summed E-state index contributed by atoms with van der Waals surface area (Å²) in [6, 6.07) is -0.244. The fourth-order valence-electron chi connectivity index (χ4n) is 0.979. The Bertz CT molecular complexity index is 143. The standard InChI is InChI=1S/C10H21NO/c1-7(2)8(3)5-6-10(11)9(4)12/h7-8,10H,5-6,11H2,1-4H3/t8-,10-/m0/s1. The van der Waals surface area contributed by atoms with Crippen molar-refractivity contribution in [2.45, 2.75) is 46.6 Å². The van der Waals surface area contributed by atoms with Crippen LogP contribution in [0, 0.1) is 11.8 Å². The molecule has 0 saturated heterocycles. The molecule has 12 heavy (non-hydrogen) atoms. The van der Waals surface area contributed by atoms with Crippen molar-refractivity contribution >= 4 is 5.78 Å². The van der Waals surface area contributed by atoms with Gasteiger partial charge in [-0.3, -0.25) is 4.79 Å². The van der Waals surface area contributed by atoms with Crippen LogP contribution in [0.15, 0.2) is 0 Å². The number of ketones is 1. The molecule has 0 aliphatic heterocycles. The number of rotatable bonds is 5. The van der Waals surface area contributed by atoms with Crippen molar-refractivity contribution in [2.75, 3.05) is 0 Å². The largest absolute Gasteiger partial charge is 0.322 e. The van der Waals surface area contributed by atoms with Crippen LogP contribution >= 0.6 is 0 Å². The normalized spacial score (nSPS) is 16.2. The molecule has 72 valence electrons. The van der Waals surface area contributed by atoms with Gasteiger partial charge in [0.25, 0.3) is 0 Å². The van der Waals surface area contributed by atoms with E-state index in [-0.39, 0.29) is 11.8 Å². The molecule has 0 saturated carbocycles. The van der Waals surface area contributed by atoms with E-state index in [0.29, 0.717) is 11.8 Å². The quantitative estimate of drug-likeness (QED) is 0.687.